The lowest BCUT2D eigenvalue weighted by Crippen LogP contribution is -2.11. The summed E-state index contributed by atoms with van der Waals surface area (Å²) in [6, 6.07) is 17.3. The molecule has 130 valence electrons. The van der Waals surface area contributed by atoms with Crippen molar-refractivity contribution in [3.05, 3.63) is 87.4 Å². The molecule has 4 rings (SSSR count). The summed E-state index contributed by atoms with van der Waals surface area (Å²) in [5.41, 5.74) is 3.61. The number of aromatic nitrogens is 2. The molecular formula is C20H15ClN2O2S. The van der Waals surface area contributed by atoms with Gasteiger partial charge in [0.1, 0.15) is 4.70 Å². The number of fused-ring (bicyclic) bond motifs is 1. The summed E-state index contributed by atoms with van der Waals surface area (Å²) in [5.74, 6) is 0. The van der Waals surface area contributed by atoms with Gasteiger partial charge in [-0.3, -0.25) is 4.79 Å². The van der Waals surface area contributed by atoms with Gasteiger partial charge in [0, 0.05) is 16.4 Å². The van der Waals surface area contributed by atoms with E-state index in [1.165, 1.54) is 11.3 Å². The molecular weight excluding hydrogens is 368 g/mol. The van der Waals surface area contributed by atoms with Crippen LogP contribution < -0.4 is 5.56 Å². The van der Waals surface area contributed by atoms with Gasteiger partial charge in [-0.1, -0.05) is 48.0 Å². The lowest BCUT2D eigenvalue weighted by molar-refractivity contribution is 0.282. The summed E-state index contributed by atoms with van der Waals surface area (Å²) in [5, 5.41) is 9.88. The Morgan fingerprint density at radius 2 is 1.73 bits per heavy atom. The minimum Gasteiger partial charge on any atom is -0.392 e. The molecule has 0 fully saturated rings. The number of aliphatic hydroxyl groups is 1. The molecule has 0 saturated carbocycles. The van der Waals surface area contributed by atoms with Crippen molar-refractivity contribution in [2.24, 2.45) is 0 Å². The number of nitrogens with zero attached hydrogens (tertiary/aromatic N) is 2. The molecule has 1 N–H and O–H groups in total. The summed E-state index contributed by atoms with van der Waals surface area (Å²) < 4.78 is 2.62. The van der Waals surface area contributed by atoms with Crippen molar-refractivity contribution in [3.63, 3.8) is 0 Å². The second kappa shape index (κ2) is 7.03. The van der Waals surface area contributed by atoms with Gasteiger partial charge in [0.05, 0.1) is 18.5 Å². The highest BCUT2D eigenvalue weighted by Crippen LogP contribution is 2.32. The minimum atomic E-state index is -0.212. The molecule has 0 aliphatic rings. The van der Waals surface area contributed by atoms with Gasteiger partial charge in [-0.15, -0.1) is 11.3 Å². The predicted molar refractivity (Wildman–Crippen MR) is 106 cm³/mol. The molecule has 26 heavy (non-hydrogen) atoms. The fourth-order valence-electron chi connectivity index (χ4n) is 2.82. The molecule has 0 spiro atoms. The van der Waals surface area contributed by atoms with Crippen LogP contribution in [0, 0.1) is 0 Å². The van der Waals surface area contributed by atoms with Crippen LogP contribution in [0.15, 0.2) is 65.7 Å². The summed E-state index contributed by atoms with van der Waals surface area (Å²) in [4.78, 5) is 17.2. The third-order valence-corrected chi connectivity index (χ3v) is 5.63. The first-order valence-corrected chi connectivity index (χ1v) is 9.27. The molecule has 2 aromatic carbocycles. The molecule has 0 bridgehead atoms. The number of hydrogen-bond donors (Lipinski definition) is 1. The van der Waals surface area contributed by atoms with Gasteiger partial charge in [-0.2, -0.15) is 4.98 Å². The fourth-order valence-corrected chi connectivity index (χ4v) is 4.01. The van der Waals surface area contributed by atoms with E-state index in [2.05, 4.69) is 4.98 Å². The summed E-state index contributed by atoms with van der Waals surface area (Å²) >= 11 is 7.39. The maximum Gasteiger partial charge on any atom is 0.290 e. The molecule has 6 heteroatoms. The molecule has 0 amide bonds. The smallest absolute Gasteiger partial charge is 0.290 e. The number of halogens is 1. The van der Waals surface area contributed by atoms with Crippen LogP contribution in [0.2, 0.25) is 5.02 Å². The normalized spacial score (nSPS) is 11.2. The van der Waals surface area contributed by atoms with Crippen LogP contribution in [-0.2, 0) is 13.2 Å². The highest BCUT2D eigenvalue weighted by molar-refractivity contribution is 7.22. The van der Waals surface area contributed by atoms with E-state index in [0.717, 1.165) is 27.1 Å². The van der Waals surface area contributed by atoms with E-state index in [1.54, 1.807) is 6.33 Å². The fraction of sp³-hybridized carbons (Fsp3) is 0.100. The van der Waals surface area contributed by atoms with Gasteiger partial charge in [0.25, 0.3) is 5.56 Å². The highest BCUT2D eigenvalue weighted by Gasteiger charge is 2.11. The first-order valence-electron chi connectivity index (χ1n) is 8.07. The van der Waals surface area contributed by atoms with Crippen molar-refractivity contribution < 1.29 is 5.11 Å². The van der Waals surface area contributed by atoms with Crippen LogP contribution in [-0.4, -0.2) is 14.7 Å². The Morgan fingerprint density at radius 1 is 1.04 bits per heavy atom. The average molecular weight is 383 g/mol. The molecule has 4 nitrogen and oxygen atoms in total. The zero-order valence-corrected chi connectivity index (χ0v) is 15.3. The van der Waals surface area contributed by atoms with E-state index in [9.17, 15) is 9.90 Å². The van der Waals surface area contributed by atoms with Crippen LogP contribution in [0.5, 0.6) is 0 Å². The molecule has 0 aliphatic heterocycles. The molecule has 0 atom stereocenters. The van der Waals surface area contributed by atoms with E-state index < -0.39 is 0 Å². The second-order valence-electron chi connectivity index (χ2n) is 5.98. The molecule has 0 aliphatic carbocycles. The van der Waals surface area contributed by atoms with E-state index in [-0.39, 0.29) is 12.2 Å². The van der Waals surface area contributed by atoms with E-state index in [0.29, 0.717) is 16.3 Å². The zero-order chi connectivity index (χ0) is 18.1. The standard InChI is InChI=1S/C20H15ClN2O2S/c21-16-7-3-13(4-8-16)10-23-12-22-20(25)19-17(23)9-18(26-19)15-5-1-14(11-24)2-6-15/h1-9,12,24H,10-11H2. The number of hydrogen-bond acceptors (Lipinski definition) is 4. The number of thiophene rings is 1. The Morgan fingerprint density at radius 3 is 2.42 bits per heavy atom. The predicted octanol–water partition coefficient (Wildman–Crippen LogP) is 4.32. The van der Waals surface area contributed by atoms with Crippen LogP contribution in [0.4, 0.5) is 0 Å². The first-order chi connectivity index (χ1) is 12.6. The molecule has 2 heterocycles. The maximum absolute atomic E-state index is 12.2. The topological polar surface area (TPSA) is 55.1 Å². The highest BCUT2D eigenvalue weighted by atomic mass is 35.5. The van der Waals surface area contributed by atoms with Crippen molar-refractivity contribution >= 4 is 33.2 Å². The number of rotatable bonds is 4. The molecule has 4 aromatic rings. The Hall–Kier alpha value is -2.47. The second-order valence-corrected chi connectivity index (χ2v) is 7.47. The van der Waals surface area contributed by atoms with E-state index in [4.69, 9.17) is 11.6 Å². The van der Waals surface area contributed by atoms with Gasteiger partial charge >= 0.3 is 0 Å². The Labute approximate surface area is 159 Å². The largest absolute Gasteiger partial charge is 0.392 e. The van der Waals surface area contributed by atoms with Crippen molar-refractivity contribution in [3.8, 4) is 10.4 Å². The maximum atomic E-state index is 12.2. The van der Waals surface area contributed by atoms with Gasteiger partial charge < -0.3 is 9.67 Å². The van der Waals surface area contributed by atoms with E-state index in [1.807, 2.05) is 59.2 Å². The van der Waals surface area contributed by atoms with Crippen LogP contribution >= 0.6 is 22.9 Å². The Bertz CT molecular complexity index is 1120. The van der Waals surface area contributed by atoms with Crippen LogP contribution in [0.1, 0.15) is 11.1 Å². The Balaban J connectivity index is 1.77. The van der Waals surface area contributed by atoms with Gasteiger partial charge in [-0.05, 0) is 34.9 Å². The van der Waals surface area contributed by atoms with Gasteiger partial charge in [0.2, 0.25) is 0 Å². The molecule has 0 radical (unpaired) electrons. The zero-order valence-electron chi connectivity index (χ0n) is 13.7. The lowest BCUT2D eigenvalue weighted by atomic mass is 10.1. The number of aliphatic hydroxyl groups excluding tert-OH is 1. The van der Waals surface area contributed by atoms with Crippen LogP contribution in [0.25, 0.3) is 20.7 Å². The first kappa shape index (κ1) is 17.0. The summed E-state index contributed by atoms with van der Waals surface area (Å²) in [6.07, 6.45) is 1.59. The van der Waals surface area contributed by atoms with Crippen molar-refractivity contribution in [1.29, 1.82) is 0 Å². The molecule has 0 saturated heterocycles. The average Bonchev–Trinajstić information content (AvgIpc) is 3.12. The molecule has 0 unspecified atom stereocenters. The summed E-state index contributed by atoms with van der Waals surface area (Å²) in [7, 11) is 0. The lowest BCUT2D eigenvalue weighted by Gasteiger charge is -2.07. The van der Waals surface area contributed by atoms with Crippen LogP contribution in [0.3, 0.4) is 0 Å². The minimum absolute atomic E-state index is 0.0163. The Kier molecular flexibility index (Phi) is 4.59. The quantitative estimate of drug-likeness (QED) is 0.572. The monoisotopic (exact) mass is 382 g/mol. The van der Waals surface area contributed by atoms with Gasteiger partial charge in [0.15, 0.2) is 0 Å². The van der Waals surface area contributed by atoms with Crippen molar-refractivity contribution in [2.45, 2.75) is 13.2 Å². The van der Waals surface area contributed by atoms with Crippen molar-refractivity contribution in [1.82, 2.24) is 9.55 Å². The van der Waals surface area contributed by atoms with Crippen molar-refractivity contribution in [2.75, 3.05) is 0 Å². The summed E-state index contributed by atoms with van der Waals surface area (Å²) in [6.45, 7) is 0.628. The van der Waals surface area contributed by atoms with Gasteiger partial charge in [-0.25, -0.2) is 0 Å². The van der Waals surface area contributed by atoms with E-state index >= 15 is 0 Å². The molecule has 2 aromatic heterocycles. The third-order valence-electron chi connectivity index (χ3n) is 4.22. The third kappa shape index (κ3) is 3.29. The number of benzene rings is 2. The SMILES string of the molecule is O=c1ncn(Cc2ccc(Cl)cc2)c2cc(-c3ccc(CO)cc3)sc12.